The molecule has 1 atom stereocenters. The predicted octanol–water partition coefficient (Wildman–Crippen LogP) is 3.44. The molecular weight excluding hydrogens is 427 g/mol. The van der Waals surface area contributed by atoms with Crippen LogP contribution in [0.5, 0.6) is 0 Å². The summed E-state index contributed by atoms with van der Waals surface area (Å²) in [6.45, 7) is 1.91. The van der Waals surface area contributed by atoms with E-state index in [0.29, 0.717) is 27.8 Å². The molecule has 2 N–H and O–H groups in total. The number of rotatable bonds is 4. The molecule has 3 aromatic heterocycles. The number of pyridine rings is 1. The van der Waals surface area contributed by atoms with Crippen molar-refractivity contribution in [1.82, 2.24) is 24.1 Å². The lowest BCUT2D eigenvalue weighted by Crippen LogP contribution is -2.27. The normalized spacial score (nSPS) is 12.4. The van der Waals surface area contributed by atoms with Gasteiger partial charge in [0.15, 0.2) is 5.65 Å². The summed E-state index contributed by atoms with van der Waals surface area (Å²) < 4.78 is 16.3. The molecule has 3 heterocycles. The number of anilines is 1. The van der Waals surface area contributed by atoms with Crippen LogP contribution in [-0.2, 0) is 0 Å². The van der Waals surface area contributed by atoms with E-state index >= 15 is 0 Å². The second kappa shape index (κ2) is 7.16. The Kier molecular flexibility index (Phi) is 4.68. The molecule has 28 heavy (non-hydrogen) atoms. The first-order valence-electron chi connectivity index (χ1n) is 8.64. The molecule has 0 aliphatic heterocycles. The van der Waals surface area contributed by atoms with Crippen molar-refractivity contribution < 1.29 is 4.39 Å². The number of fused-ring (bicyclic) bond motifs is 1. The Bertz CT molecular complexity index is 1200. The number of benzene rings is 1. The van der Waals surface area contributed by atoms with Crippen molar-refractivity contribution in [3.05, 3.63) is 75.1 Å². The second-order valence-corrected chi connectivity index (χ2v) is 7.02. The van der Waals surface area contributed by atoms with E-state index in [4.69, 9.17) is 5.73 Å². The van der Waals surface area contributed by atoms with E-state index in [1.54, 1.807) is 6.07 Å². The van der Waals surface area contributed by atoms with Gasteiger partial charge in [0, 0.05) is 11.8 Å². The Balaban J connectivity index is 1.93. The molecule has 4 aromatic rings. The van der Waals surface area contributed by atoms with Crippen molar-refractivity contribution in [2.24, 2.45) is 0 Å². The maximum atomic E-state index is 13.2. The van der Waals surface area contributed by atoms with Gasteiger partial charge in [0.1, 0.15) is 0 Å². The maximum absolute atomic E-state index is 13.2. The van der Waals surface area contributed by atoms with Crippen LogP contribution < -0.4 is 11.4 Å². The average molecular weight is 443 g/mol. The third-order valence-corrected chi connectivity index (χ3v) is 5.26. The van der Waals surface area contributed by atoms with Gasteiger partial charge in [0.2, 0.25) is 11.9 Å². The number of nitrogen functional groups attached to an aromatic ring is 1. The SMILES string of the molecule is CCC(c1ccc(F)nc1)n1nc2c(Br)c(-c3ccccc3)nc(N)n2c1=O. The zero-order valence-corrected chi connectivity index (χ0v) is 16.5. The second-order valence-electron chi connectivity index (χ2n) is 6.22. The molecule has 4 rings (SSSR count). The van der Waals surface area contributed by atoms with Crippen molar-refractivity contribution in [3.63, 3.8) is 0 Å². The topological polar surface area (TPSA) is 91.1 Å². The van der Waals surface area contributed by atoms with Gasteiger partial charge < -0.3 is 5.73 Å². The highest BCUT2D eigenvalue weighted by molar-refractivity contribution is 9.10. The highest BCUT2D eigenvalue weighted by Gasteiger charge is 2.23. The molecule has 1 unspecified atom stereocenters. The Labute approximate surface area is 167 Å². The van der Waals surface area contributed by atoms with Crippen molar-refractivity contribution in [3.8, 4) is 11.3 Å². The van der Waals surface area contributed by atoms with Crippen LogP contribution in [0.2, 0.25) is 0 Å². The molecule has 1 aromatic carbocycles. The summed E-state index contributed by atoms with van der Waals surface area (Å²) in [5.41, 5.74) is 8.16. The van der Waals surface area contributed by atoms with Gasteiger partial charge in [-0.1, -0.05) is 43.3 Å². The Morgan fingerprint density at radius 3 is 2.61 bits per heavy atom. The summed E-state index contributed by atoms with van der Waals surface area (Å²) in [6.07, 6.45) is 1.97. The van der Waals surface area contributed by atoms with Gasteiger partial charge >= 0.3 is 5.69 Å². The van der Waals surface area contributed by atoms with Gasteiger partial charge in [0.25, 0.3) is 0 Å². The van der Waals surface area contributed by atoms with Crippen LogP contribution in [0.25, 0.3) is 16.9 Å². The van der Waals surface area contributed by atoms with Gasteiger partial charge in [-0.15, -0.1) is 5.10 Å². The number of hydrogen-bond acceptors (Lipinski definition) is 5. The molecule has 0 spiro atoms. The molecule has 9 heteroatoms. The molecule has 7 nitrogen and oxygen atoms in total. The number of nitrogens with zero attached hydrogens (tertiary/aromatic N) is 5. The molecule has 0 fully saturated rings. The number of aromatic nitrogens is 5. The molecule has 0 radical (unpaired) electrons. The van der Waals surface area contributed by atoms with E-state index in [1.165, 1.54) is 21.3 Å². The van der Waals surface area contributed by atoms with Crippen molar-refractivity contribution in [2.75, 3.05) is 5.73 Å². The quantitative estimate of drug-likeness (QED) is 0.488. The monoisotopic (exact) mass is 442 g/mol. The number of hydrogen-bond donors (Lipinski definition) is 1. The first-order chi connectivity index (χ1) is 13.5. The summed E-state index contributed by atoms with van der Waals surface area (Å²) in [5.74, 6) is -0.537. The minimum Gasteiger partial charge on any atom is -0.369 e. The standard InChI is InChI=1S/C19H16BrFN6O/c1-2-13(12-8-9-14(21)23-10-12)27-19(28)26-17(25-27)15(20)16(24-18(26)22)11-6-4-3-5-7-11/h3-10,13H,2H2,1H3,(H2,22,24). The summed E-state index contributed by atoms with van der Waals surface area (Å²) >= 11 is 3.52. The van der Waals surface area contributed by atoms with E-state index in [0.717, 1.165) is 5.56 Å². The van der Waals surface area contributed by atoms with Crippen LogP contribution in [0, 0.1) is 5.95 Å². The van der Waals surface area contributed by atoms with Crippen LogP contribution >= 0.6 is 15.9 Å². The van der Waals surface area contributed by atoms with Crippen molar-refractivity contribution in [1.29, 1.82) is 0 Å². The molecule has 142 valence electrons. The van der Waals surface area contributed by atoms with Crippen LogP contribution in [0.3, 0.4) is 0 Å². The fourth-order valence-corrected chi connectivity index (χ4v) is 3.75. The van der Waals surface area contributed by atoms with E-state index in [1.807, 2.05) is 37.3 Å². The Morgan fingerprint density at radius 1 is 1.21 bits per heavy atom. The van der Waals surface area contributed by atoms with Crippen LogP contribution in [0.4, 0.5) is 10.3 Å². The molecule has 0 saturated heterocycles. The zero-order valence-electron chi connectivity index (χ0n) is 14.9. The van der Waals surface area contributed by atoms with Crippen LogP contribution in [0.15, 0.2) is 57.9 Å². The van der Waals surface area contributed by atoms with Crippen LogP contribution in [-0.4, -0.2) is 24.1 Å². The van der Waals surface area contributed by atoms with Gasteiger partial charge in [-0.25, -0.2) is 23.8 Å². The fraction of sp³-hybridized carbons (Fsp3) is 0.158. The summed E-state index contributed by atoms with van der Waals surface area (Å²) in [4.78, 5) is 21.1. The average Bonchev–Trinajstić information content (AvgIpc) is 3.05. The largest absolute Gasteiger partial charge is 0.369 e. The van der Waals surface area contributed by atoms with E-state index in [-0.39, 0.29) is 5.95 Å². The highest BCUT2D eigenvalue weighted by Crippen LogP contribution is 2.30. The van der Waals surface area contributed by atoms with E-state index in [9.17, 15) is 9.18 Å². The molecule has 0 bridgehead atoms. The lowest BCUT2D eigenvalue weighted by molar-refractivity contribution is 0.488. The fourth-order valence-electron chi connectivity index (χ4n) is 3.18. The highest BCUT2D eigenvalue weighted by atomic mass is 79.9. The predicted molar refractivity (Wildman–Crippen MR) is 107 cm³/mol. The third-order valence-electron chi connectivity index (χ3n) is 4.53. The van der Waals surface area contributed by atoms with E-state index in [2.05, 4.69) is 31.0 Å². The first-order valence-corrected chi connectivity index (χ1v) is 9.43. The zero-order chi connectivity index (χ0) is 19.8. The minimum absolute atomic E-state index is 0.0420. The Hall–Kier alpha value is -3.07. The van der Waals surface area contributed by atoms with Gasteiger partial charge in [0.05, 0.1) is 16.2 Å². The summed E-state index contributed by atoms with van der Waals surface area (Å²) in [5, 5.41) is 4.51. The summed E-state index contributed by atoms with van der Waals surface area (Å²) in [6, 6.07) is 11.9. The number of nitrogens with two attached hydrogens (primary N) is 1. The minimum atomic E-state index is -0.579. The molecule has 0 saturated carbocycles. The maximum Gasteiger partial charge on any atom is 0.353 e. The first kappa shape index (κ1) is 18.3. The van der Waals surface area contributed by atoms with Gasteiger partial charge in [-0.05, 0) is 34.0 Å². The molecule has 0 amide bonds. The van der Waals surface area contributed by atoms with Gasteiger partial charge in [-0.2, -0.15) is 4.39 Å². The molecule has 0 aliphatic rings. The molecular formula is C19H16BrFN6O. The lowest BCUT2D eigenvalue weighted by Gasteiger charge is -2.13. The lowest BCUT2D eigenvalue weighted by atomic mass is 10.1. The summed E-state index contributed by atoms with van der Waals surface area (Å²) in [7, 11) is 0. The van der Waals surface area contributed by atoms with Gasteiger partial charge in [-0.3, -0.25) is 0 Å². The smallest absolute Gasteiger partial charge is 0.353 e. The third kappa shape index (κ3) is 2.97. The van der Waals surface area contributed by atoms with Crippen molar-refractivity contribution >= 4 is 27.5 Å². The number of halogens is 2. The molecule has 0 aliphatic carbocycles. The van der Waals surface area contributed by atoms with E-state index < -0.39 is 17.7 Å². The van der Waals surface area contributed by atoms with Crippen molar-refractivity contribution in [2.45, 2.75) is 19.4 Å². The van der Waals surface area contributed by atoms with Crippen LogP contribution in [0.1, 0.15) is 24.9 Å². The Morgan fingerprint density at radius 2 is 1.96 bits per heavy atom.